The van der Waals surface area contributed by atoms with Gasteiger partial charge in [0.15, 0.2) is 17.3 Å². The quantitative estimate of drug-likeness (QED) is 0.764. The molecule has 1 aromatic rings. The van der Waals surface area contributed by atoms with Crippen molar-refractivity contribution in [1.29, 1.82) is 0 Å². The second-order valence-electron chi connectivity index (χ2n) is 6.60. The van der Waals surface area contributed by atoms with Gasteiger partial charge in [0.05, 0.1) is 14.2 Å². The lowest BCUT2D eigenvalue weighted by Crippen LogP contribution is -2.49. The molecule has 25 heavy (non-hydrogen) atoms. The van der Waals surface area contributed by atoms with Crippen LogP contribution in [0.5, 0.6) is 11.5 Å². The molecule has 0 radical (unpaired) electrons. The summed E-state index contributed by atoms with van der Waals surface area (Å²) >= 11 is 0. The van der Waals surface area contributed by atoms with Gasteiger partial charge < -0.3 is 20.1 Å². The molecule has 0 aliphatic carbocycles. The lowest BCUT2D eigenvalue weighted by Gasteiger charge is -2.38. The van der Waals surface area contributed by atoms with Crippen LogP contribution >= 0.6 is 0 Å². The molecule has 2 rings (SSSR count). The van der Waals surface area contributed by atoms with Crippen molar-refractivity contribution < 1.29 is 19.1 Å². The highest BCUT2D eigenvalue weighted by Gasteiger charge is 2.28. The molecule has 1 saturated heterocycles. The van der Waals surface area contributed by atoms with Gasteiger partial charge in [-0.25, -0.2) is 0 Å². The van der Waals surface area contributed by atoms with E-state index < -0.39 is 0 Å². The van der Waals surface area contributed by atoms with Gasteiger partial charge in [-0.2, -0.15) is 0 Å². The van der Waals surface area contributed by atoms with Crippen LogP contribution in [0.2, 0.25) is 0 Å². The van der Waals surface area contributed by atoms with E-state index in [9.17, 15) is 9.59 Å². The Kier molecular flexibility index (Phi) is 6.82. The van der Waals surface area contributed by atoms with Gasteiger partial charge >= 0.3 is 0 Å². The Morgan fingerprint density at radius 2 is 1.92 bits per heavy atom. The zero-order chi connectivity index (χ0) is 18.4. The average Bonchev–Trinajstić information content (AvgIpc) is 2.64. The molecule has 6 heteroatoms. The van der Waals surface area contributed by atoms with Crippen LogP contribution in [-0.4, -0.2) is 49.9 Å². The van der Waals surface area contributed by atoms with E-state index in [2.05, 4.69) is 6.92 Å². The van der Waals surface area contributed by atoms with Gasteiger partial charge in [0.1, 0.15) is 0 Å². The van der Waals surface area contributed by atoms with Gasteiger partial charge in [0.2, 0.25) is 5.91 Å². The Bertz CT molecular complexity index is 617. The van der Waals surface area contributed by atoms with Crippen molar-refractivity contribution in [3.63, 3.8) is 0 Å². The van der Waals surface area contributed by atoms with Gasteiger partial charge in [0, 0.05) is 37.5 Å². The molecule has 1 heterocycles. The van der Waals surface area contributed by atoms with Crippen LogP contribution in [0.1, 0.15) is 43.0 Å². The number of Topliss-reactive ketones (excluding diaryl/α,β-unsaturated/α-hetero) is 1. The lowest BCUT2D eigenvalue weighted by atomic mass is 9.92. The van der Waals surface area contributed by atoms with Crippen molar-refractivity contribution in [3.8, 4) is 11.5 Å². The van der Waals surface area contributed by atoms with Crippen LogP contribution in [0.3, 0.4) is 0 Å². The number of ketones is 1. The lowest BCUT2D eigenvalue weighted by molar-refractivity contribution is -0.135. The number of piperidine rings is 1. The summed E-state index contributed by atoms with van der Waals surface area (Å²) in [7, 11) is 3.07. The molecule has 2 N–H and O–H groups in total. The zero-order valence-electron chi connectivity index (χ0n) is 15.3. The van der Waals surface area contributed by atoms with Crippen LogP contribution in [0.15, 0.2) is 18.2 Å². The third kappa shape index (κ3) is 4.72. The smallest absolute Gasteiger partial charge is 0.223 e. The van der Waals surface area contributed by atoms with Crippen LogP contribution in [0, 0.1) is 5.92 Å². The number of hydrogen-bond acceptors (Lipinski definition) is 5. The van der Waals surface area contributed by atoms with Crippen molar-refractivity contribution in [1.82, 2.24) is 4.90 Å². The second kappa shape index (κ2) is 8.85. The van der Waals surface area contributed by atoms with Crippen molar-refractivity contribution >= 4 is 11.7 Å². The van der Waals surface area contributed by atoms with Gasteiger partial charge in [-0.15, -0.1) is 0 Å². The number of hydrogen-bond donors (Lipinski definition) is 1. The maximum atomic E-state index is 12.5. The molecule has 0 bridgehead atoms. The van der Waals surface area contributed by atoms with Gasteiger partial charge in [-0.05, 0) is 37.0 Å². The highest BCUT2D eigenvalue weighted by Crippen LogP contribution is 2.28. The monoisotopic (exact) mass is 348 g/mol. The van der Waals surface area contributed by atoms with Crippen molar-refractivity contribution in [2.24, 2.45) is 11.7 Å². The summed E-state index contributed by atoms with van der Waals surface area (Å²) in [6.07, 6.45) is 2.31. The molecule has 2 atom stereocenters. The number of ether oxygens (including phenoxy) is 2. The number of amides is 1. The number of nitrogens with zero attached hydrogens (tertiary/aromatic N) is 1. The summed E-state index contributed by atoms with van der Waals surface area (Å²) < 4.78 is 10.4. The Labute approximate surface area is 149 Å². The normalized spacial score (nSPS) is 20.2. The number of carbonyl (C=O) groups excluding carboxylic acids is 2. The molecular formula is C19H28N2O4. The first-order chi connectivity index (χ1) is 12.0. The third-order valence-electron chi connectivity index (χ3n) is 4.84. The van der Waals surface area contributed by atoms with E-state index >= 15 is 0 Å². The van der Waals surface area contributed by atoms with Crippen molar-refractivity contribution in [2.45, 2.75) is 38.6 Å². The fourth-order valence-electron chi connectivity index (χ4n) is 3.32. The maximum absolute atomic E-state index is 12.5. The number of carbonyl (C=O) groups is 2. The van der Waals surface area contributed by atoms with E-state index in [1.165, 1.54) is 7.11 Å². The van der Waals surface area contributed by atoms with E-state index in [4.69, 9.17) is 15.2 Å². The highest BCUT2D eigenvalue weighted by atomic mass is 16.5. The minimum atomic E-state index is -0.0796. The standard InChI is InChI=1S/C19H28N2O4/c1-13-8-9-21(15(10-13)12-20)19(23)7-5-16(22)14-4-6-17(24-2)18(11-14)25-3/h4,6,11,13,15H,5,7-10,12,20H2,1-3H3. The van der Waals surface area contributed by atoms with Crippen LogP contribution in [-0.2, 0) is 4.79 Å². The zero-order valence-corrected chi connectivity index (χ0v) is 15.3. The summed E-state index contributed by atoms with van der Waals surface area (Å²) in [6, 6.07) is 5.13. The molecule has 2 unspecified atom stereocenters. The maximum Gasteiger partial charge on any atom is 0.223 e. The molecule has 1 aliphatic rings. The molecule has 1 amide bonds. The fourth-order valence-corrected chi connectivity index (χ4v) is 3.32. The van der Waals surface area contributed by atoms with E-state index in [1.54, 1.807) is 25.3 Å². The van der Waals surface area contributed by atoms with Gasteiger partial charge in [-0.1, -0.05) is 6.92 Å². The second-order valence-corrected chi connectivity index (χ2v) is 6.60. The SMILES string of the molecule is COc1ccc(C(=O)CCC(=O)N2CCC(C)CC2CN)cc1OC. The molecule has 1 aromatic carbocycles. The minimum absolute atomic E-state index is 0.0103. The molecule has 0 aromatic heterocycles. The molecule has 0 spiro atoms. The van der Waals surface area contributed by atoms with E-state index in [-0.39, 0.29) is 30.6 Å². The first kappa shape index (κ1) is 19.2. The number of rotatable bonds is 7. The predicted molar refractivity (Wildman–Crippen MR) is 96.1 cm³/mol. The molecule has 6 nitrogen and oxygen atoms in total. The average molecular weight is 348 g/mol. The Morgan fingerprint density at radius 1 is 1.20 bits per heavy atom. The summed E-state index contributed by atoms with van der Waals surface area (Å²) in [5.74, 6) is 1.60. The van der Waals surface area contributed by atoms with E-state index in [0.717, 1.165) is 19.4 Å². The van der Waals surface area contributed by atoms with Crippen LogP contribution in [0.4, 0.5) is 0 Å². The van der Waals surface area contributed by atoms with Crippen molar-refractivity contribution in [2.75, 3.05) is 27.3 Å². The Balaban J connectivity index is 1.96. The number of likely N-dealkylation sites (tertiary alicyclic amines) is 1. The summed E-state index contributed by atoms with van der Waals surface area (Å²) in [5, 5.41) is 0. The fraction of sp³-hybridized carbons (Fsp3) is 0.579. The Hall–Kier alpha value is -2.08. The van der Waals surface area contributed by atoms with Crippen molar-refractivity contribution in [3.05, 3.63) is 23.8 Å². The summed E-state index contributed by atoms with van der Waals surface area (Å²) in [5.41, 5.74) is 6.33. The number of benzene rings is 1. The minimum Gasteiger partial charge on any atom is -0.493 e. The summed E-state index contributed by atoms with van der Waals surface area (Å²) in [6.45, 7) is 3.39. The van der Waals surface area contributed by atoms with Crippen LogP contribution in [0.25, 0.3) is 0 Å². The van der Waals surface area contributed by atoms with Crippen LogP contribution < -0.4 is 15.2 Å². The number of nitrogens with two attached hydrogens (primary N) is 1. The first-order valence-corrected chi connectivity index (χ1v) is 8.74. The molecule has 1 aliphatic heterocycles. The highest BCUT2D eigenvalue weighted by molar-refractivity contribution is 5.98. The summed E-state index contributed by atoms with van der Waals surface area (Å²) in [4.78, 5) is 26.8. The first-order valence-electron chi connectivity index (χ1n) is 8.74. The molecule has 138 valence electrons. The topological polar surface area (TPSA) is 81.9 Å². The Morgan fingerprint density at radius 3 is 2.56 bits per heavy atom. The van der Waals surface area contributed by atoms with Gasteiger partial charge in [-0.3, -0.25) is 9.59 Å². The van der Waals surface area contributed by atoms with E-state index in [1.807, 2.05) is 4.90 Å². The van der Waals surface area contributed by atoms with E-state index in [0.29, 0.717) is 29.5 Å². The molecule has 1 fully saturated rings. The molecule has 0 saturated carbocycles. The van der Waals surface area contributed by atoms with Gasteiger partial charge in [0.25, 0.3) is 0 Å². The largest absolute Gasteiger partial charge is 0.493 e. The molecular weight excluding hydrogens is 320 g/mol. The predicted octanol–water partition coefficient (Wildman–Crippen LogP) is 2.25. The number of methoxy groups -OCH3 is 2. The third-order valence-corrected chi connectivity index (χ3v) is 4.84.